The summed E-state index contributed by atoms with van der Waals surface area (Å²) in [5.41, 5.74) is 0.437. The first-order chi connectivity index (χ1) is 4.61. The van der Waals surface area contributed by atoms with Gasteiger partial charge in [-0.2, -0.15) is 0 Å². The fraction of sp³-hybridized carbons (Fsp3) is 0.200. The SMILES string of the molecule is CC1=CI(O)C(=O)NC1=O. The first kappa shape index (κ1) is 7.67. The maximum atomic E-state index is 10.7. The van der Waals surface area contributed by atoms with E-state index < -0.39 is 30.1 Å². The second kappa shape index (κ2) is 2.67. The third-order valence-electron chi connectivity index (χ3n) is 1.01. The molecule has 0 aliphatic carbocycles. The summed E-state index contributed by atoms with van der Waals surface area (Å²) in [6.45, 7) is 1.57. The van der Waals surface area contributed by atoms with Crippen LogP contribution in [-0.4, -0.2) is 13.3 Å². The van der Waals surface area contributed by atoms with Gasteiger partial charge in [-0.3, -0.25) is 0 Å². The second-order valence-electron chi connectivity index (χ2n) is 1.81. The van der Waals surface area contributed by atoms with Crippen LogP contribution in [0.25, 0.3) is 0 Å². The predicted molar refractivity (Wildman–Crippen MR) is 43.5 cm³/mol. The molecular formula is C5H6INO3. The van der Waals surface area contributed by atoms with Crippen molar-refractivity contribution in [3.63, 3.8) is 0 Å². The predicted octanol–water partition coefficient (Wildman–Crippen LogP) is 0.554. The van der Waals surface area contributed by atoms with Crippen LogP contribution in [0.2, 0.25) is 0 Å². The summed E-state index contributed by atoms with van der Waals surface area (Å²) in [4.78, 5) is 21.3. The Morgan fingerprint density at radius 1 is 1.60 bits per heavy atom. The van der Waals surface area contributed by atoms with Crippen molar-refractivity contribution in [2.45, 2.75) is 6.92 Å². The van der Waals surface area contributed by atoms with Gasteiger partial charge in [0.25, 0.3) is 0 Å². The molecule has 2 N–H and O–H groups in total. The number of hydrogen-bond acceptors (Lipinski definition) is 3. The molecule has 5 heteroatoms. The number of halogens is 1. The van der Waals surface area contributed by atoms with E-state index in [4.69, 9.17) is 3.44 Å². The van der Waals surface area contributed by atoms with E-state index in [0.29, 0.717) is 5.57 Å². The van der Waals surface area contributed by atoms with E-state index in [2.05, 4.69) is 5.32 Å². The van der Waals surface area contributed by atoms with Crippen LogP contribution in [0.1, 0.15) is 6.92 Å². The molecule has 0 aromatic heterocycles. The molecule has 0 unspecified atom stereocenters. The van der Waals surface area contributed by atoms with Gasteiger partial charge in [0.05, 0.1) is 0 Å². The molecule has 56 valence electrons. The van der Waals surface area contributed by atoms with Crippen LogP contribution in [0, 0.1) is 0 Å². The van der Waals surface area contributed by atoms with Crippen molar-refractivity contribution in [3.05, 3.63) is 9.66 Å². The Bertz CT molecular complexity index is 223. The second-order valence-corrected chi connectivity index (χ2v) is 5.08. The monoisotopic (exact) mass is 255 g/mol. The summed E-state index contributed by atoms with van der Waals surface area (Å²) in [6, 6.07) is 0. The van der Waals surface area contributed by atoms with Gasteiger partial charge in [0.1, 0.15) is 0 Å². The zero-order valence-corrected chi connectivity index (χ0v) is 7.38. The van der Waals surface area contributed by atoms with Gasteiger partial charge in [-0.25, -0.2) is 0 Å². The van der Waals surface area contributed by atoms with Crippen molar-refractivity contribution >= 4 is 30.1 Å². The average molecular weight is 255 g/mol. The standard InChI is InChI=1S/C5H6INO3/c1-3-2-6(10)5(9)7-4(3)8/h2,10H,1H3,(H,7,8,9). The molecule has 0 radical (unpaired) electrons. The van der Waals surface area contributed by atoms with Gasteiger partial charge in [0, 0.05) is 0 Å². The van der Waals surface area contributed by atoms with Crippen LogP contribution < -0.4 is 5.32 Å². The molecule has 0 aromatic carbocycles. The zero-order valence-electron chi connectivity index (χ0n) is 5.22. The molecule has 2 amide bonds. The molecular weight excluding hydrogens is 249 g/mol. The van der Waals surface area contributed by atoms with Gasteiger partial charge in [0.15, 0.2) is 0 Å². The average Bonchev–Trinajstić information content (AvgIpc) is 1.84. The molecule has 0 spiro atoms. The minimum atomic E-state index is -2.58. The van der Waals surface area contributed by atoms with Crippen LogP contribution in [0.15, 0.2) is 9.66 Å². The fourth-order valence-electron chi connectivity index (χ4n) is 0.490. The Hall–Kier alpha value is -0.430. The number of carbonyl (C=O) groups excluding carboxylic acids is 2. The number of hydrogen-bond donors (Lipinski definition) is 2. The van der Waals surface area contributed by atoms with Crippen molar-refractivity contribution in [2.75, 3.05) is 0 Å². The number of nitrogens with one attached hydrogen (secondary N) is 1. The molecule has 1 rings (SSSR count). The molecule has 0 saturated carbocycles. The number of carbonyl (C=O) groups is 2. The molecule has 4 nitrogen and oxygen atoms in total. The van der Waals surface area contributed by atoms with Crippen molar-refractivity contribution in [2.24, 2.45) is 0 Å². The summed E-state index contributed by atoms with van der Waals surface area (Å²) in [6.07, 6.45) is 0. The van der Waals surface area contributed by atoms with Crippen molar-refractivity contribution in [1.29, 1.82) is 0 Å². The van der Waals surface area contributed by atoms with Crippen molar-refractivity contribution in [1.82, 2.24) is 5.32 Å². The van der Waals surface area contributed by atoms with E-state index in [-0.39, 0.29) is 0 Å². The van der Waals surface area contributed by atoms with Gasteiger partial charge in [0.2, 0.25) is 0 Å². The first-order valence-corrected chi connectivity index (χ1v) is 5.81. The van der Waals surface area contributed by atoms with Crippen LogP contribution >= 0.6 is 20.2 Å². The molecule has 1 heterocycles. The number of amides is 2. The number of rotatable bonds is 0. The van der Waals surface area contributed by atoms with E-state index in [1.165, 1.54) is 4.08 Å². The van der Waals surface area contributed by atoms with E-state index in [1.54, 1.807) is 6.92 Å². The third kappa shape index (κ3) is 1.35. The Kier molecular flexibility index (Phi) is 2.05. The summed E-state index contributed by atoms with van der Waals surface area (Å²) >= 11 is -2.58. The zero-order chi connectivity index (χ0) is 7.72. The molecule has 1 aliphatic rings. The van der Waals surface area contributed by atoms with Crippen LogP contribution in [-0.2, 0) is 4.79 Å². The van der Waals surface area contributed by atoms with E-state index in [1.807, 2.05) is 0 Å². The van der Waals surface area contributed by atoms with Gasteiger partial charge >= 0.3 is 65.0 Å². The molecule has 0 bridgehead atoms. The molecule has 0 aromatic rings. The summed E-state index contributed by atoms with van der Waals surface area (Å²) in [7, 11) is 0. The summed E-state index contributed by atoms with van der Waals surface area (Å²) < 4.78 is 9.86. The van der Waals surface area contributed by atoms with Crippen LogP contribution in [0.4, 0.5) is 4.79 Å². The third-order valence-corrected chi connectivity index (χ3v) is 3.81. The molecule has 10 heavy (non-hydrogen) atoms. The normalized spacial score (nSPS) is 22.2. The van der Waals surface area contributed by atoms with Crippen LogP contribution in [0.3, 0.4) is 0 Å². The Morgan fingerprint density at radius 3 is 2.70 bits per heavy atom. The first-order valence-electron chi connectivity index (χ1n) is 2.52. The van der Waals surface area contributed by atoms with Crippen LogP contribution in [0.5, 0.6) is 0 Å². The number of imide groups is 1. The minimum absolute atomic E-state index is 0.396. The Balaban J connectivity index is 2.89. The Labute approximate surface area is 65.2 Å². The Morgan fingerprint density at radius 2 is 2.20 bits per heavy atom. The fourth-order valence-corrected chi connectivity index (χ4v) is 2.46. The van der Waals surface area contributed by atoms with E-state index in [9.17, 15) is 9.59 Å². The molecule has 0 fully saturated rings. The van der Waals surface area contributed by atoms with Crippen molar-refractivity contribution in [3.8, 4) is 0 Å². The molecule has 1 aliphatic heterocycles. The summed E-state index contributed by atoms with van der Waals surface area (Å²) in [5, 5.41) is 2.05. The van der Waals surface area contributed by atoms with Gasteiger partial charge in [-0.05, 0) is 0 Å². The van der Waals surface area contributed by atoms with E-state index >= 15 is 0 Å². The topological polar surface area (TPSA) is 66.4 Å². The van der Waals surface area contributed by atoms with Gasteiger partial charge in [-0.15, -0.1) is 0 Å². The van der Waals surface area contributed by atoms with Gasteiger partial charge in [-0.1, -0.05) is 0 Å². The molecule has 0 atom stereocenters. The van der Waals surface area contributed by atoms with Crippen molar-refractivity contribution < 1.29 is 13.0 Å². The van der Waals surface area contributed by atoms with Gasteiger partial charge < -0.3 is 0 Å². The van der Waals surface area contributed by atoms with E-state index in [0.717, 1.165) is 0 Å². The molecule has 0 saturated heterocycles. The summed E-state index contributed by atoms with van der Waals surface area (Å²) in [5.74, 6) is -0.396. The maximum absolute atomic E-state index is 10.7. The quantitative estimate of drug-likeness (QED) is 0.377.